The number of nitrogens with two attached hydrogens (primary N) is 1. The zero-order valence-corrected chi connectivity index (χ0v) is 30.9. The number of nitrogen functional groups attached to an aromatic ring is 1. The van der Waals surface area contributed by atoms with E-state index in [9.17, 15) is 22.8 Å². The molecule has 0 spiro atoms. The molecule has 1 aromatic carbocycles. The minimum absolute atomic E-state index is 0.0434. The van der Waals surface area contributed by atoms with Crippen molar-refractivity contribution in [1.82, 2.24) is 34.8 Å². The largest absolute Gasteiger partial charge is 0.435 e. The third kappa shape index (κ3) is 7.32. The Hall–Kier alpha value is -3.41. The van der Waals surface area contributed by atoms with Crippen LogP contribution in [0, 0.1) is 12.8 Å². The molecule has 268 valence electrons. The molecule has 2 amide bonds. The standard InChI is InChI=1S/C34H40ClF3IN9O2/c1-20-14-28(40)42-17-27(20)48-18-25(30(44-48)34(36,37)38)33(39)19-45(3)29(15-21(33)2)43-23-4-5-24(26(35)16-23)32(50)47-12-10-46(11-13-47)31(49)22-6-8-41-9-7-22/h4-5,14-18,22,29,41,43H,6-13,19H2,1-3H3,(H2,40,42). The molecule has 2 unspecified atom stereocenters. The number of pyridine rings is 1. The van der Waals surface area contributed by atoms with Crippen LogP contribution in [0.2, 0.25) is 5.02 Å². The molecular formula is C34H40ClF3IN9O2. The van der Waals surface area contributed by atoms with Gasteiger partial charge in [0.05, 0.1) is 32.1 Å². The van der Waals surface area contributed by atoms with E-state index in [1.807, 2.05) is 29.8 Å². The molecule has 0 radical (unpaired) electrons. The third-order valence-corrected chi connectivity index (χ3v) is 11.9. The summed E-state index contributed by atoms with van der Waals surface area (Å²) < 4.78 is 43.4. The Kier molecular flexibility index (Phi) is 10.4. The van der Waals surface area contributed by atoms with Gasteiger partial charge in [-0.25, -0.2) is 9.67 Å². The third-order valence-electron chi connectivity index (χ3n) is 9.82. The lowest BCUT2D eigenvalue weighted by Crippen LogP contribution is -2.52. The first-order valence-corrected chi connectivity index (χ1v) is 17.9. The van der Waals surface area contributed by atoms with Gasteiger partial charge >= 0.3 is 6.18 Å². The molecule has 16 heteroatoms. The van der Waals surface area contributed by atoms with Crippen molar-refractivity contribution in [3.8, 4) is 5.69 Å². The zero-order valence-electron chi connectivity index (χ0n) is 28.0. The minimum Gasteiger partial charge on any atom is -0.384 e. The summed E-state index contributed by atoms with van der Waals surface area (Å²) in [7, 11) is 1.83. The van der Waals surface area contributed by atoms with E-state index in [2.05, 4.69) is 43.3 Å². The van der Waals surface area contributed by atoms with Crippen LogP contribution in [0.25, 0.3) is 5.69 Å². The number of benzene rings is 1. The topological polar surface area (TPSA) is 125 Å². The van der Waals surface area contributed by atoms with Crippen molar-refractivity contribution in [1.29, 1.82) is 0 Å². The molecule has 11 nitrogen and oxygen atoms in total. The molecule has 5 heterocycles. The highest BCUT2D eigenvalue weighted by Crippen LogP contribution is 2.48. The number of nitrogens with one attached hydrogen (secondary N) is 2. The first kappa shape index (κ1) is 36.4. The van der Waals surface area contributed by atoms with E-state index in [4.69, 9.17) is 17.3 Å². The number of rotatable bonds is 6. The summed E-state index contributed by atoms with van der Waals surface area (Å²) in [6, 6.07) is 6.73. The smallest absolute Gasteiger partial charge is 0.384 e. The lowest BCUT2D eigenvalue weighted by molar-refractivity contribution is -0.142. The Labute approximate surface area is 307 Å². The Morgan fingerprint density at radius 1 is 1.10 bits per heavy atom. The van der Waals surface area contributed by atoms with Gasteiger partial charge in [0.2, 0.25) is 5.91 Å². The maximum Gasteiger partial charge on any atom is 0.435 e. The number of hydrogen-bond donors (Lipinski definition) is 3. The second kappa shape index (κ2) is 14.3. The van der Waals surface area contributed by atoms with Gasteiger partial charge in [-0.05, 0) is 82.7 Å². The van der Waals surface area contributed by atoms with Gasteiger partial charge in [-0.1, -0.05) is 39.8 Å². The van der Waals surface area contributed by atoms with E-state index in [0.29, 0.717) is 48.7 Å². The van der Waals surface area contributed by atoms with E-state index in [1.54, 1.807) is 36.1 Å². The Balaban J connectivity index is 1.15. The van der Waals surface area contributed by atoms with Crippen molar-refractivity contribution in [2.24, 2.45) is 5.92 Å². The van der Waals surface area contributed by atoms with Crippen LogP contribution >= 0.6 is 34.2 Å². The van der Waals surface area contributed by atoms with Crippen molar-refractivity contribution >= 4 is 57.5 Å². The molecule has 2 fully saturated rings. The van der Waals surface area contributed by atoms with Gasteiger partial charge in [-0.15, -0.1) is 0 Å². The van der Waals surface area contributed by atoms with Crippen molar-refractivity contribution in [3.05, 3.63) is 75.7 Å². The fraction of sp³-hybridized carbons (Fsp3) is 0.471. The molecule has 3 aliphatic rings. The molecule has 4 N–H and O–H groups in total. The SMILES string of the molecule is CC1=CC(Nc2ccc(C(=O)N3CCN(C(=O)C4CCNCC4)CC3)c(Cl)c2)N(C)CC1(I)c1cn(-c2cnc(N)cc2C)nc1C(F)(F)F. The van der Waals surface area contributed by atoms with E-state index in [0.717, 1.165) is 31.5 Å². The lowest BCUT2D eigenvalue weighted by Gasteiger charge is -2.42. The summed E-state index contributed by atoms with van der Waals surface area (Å²) in [6.07, 6.45) is 1.36. The van der Waals surface area contributed by atoms with Crippen LogP contribution in [-0.4, -0.2) is 100 Å². The molecule has 2 atom stereocenters. The van der Waals surface area contributed by atoms with E-state index in [1.165, 1.54) is 17.1 Å². The number of amides is 2. The van der Waals surface area contributed by atoms with Crippen LogP contribution < -0.4 is 16.4 Å². The summed E-state index contributed by atoms with van der Waals surface area (Å²) in [5, 5.41) is 11.0. The van der Waals surface area contributed by atoms with Crippen LogP contribution in [0.15, 0.2) is 48.3 Å². The first-order chi connectivity index (χ1) is 23.7. The average Bonchev–Trinajstić information content (AvgIpc) is 3.54. The van der Waals surface area contributed by atoms with Crippen molar-refractivity contribution in [2.45, 2.75) is 42.5 Å². The number of likely N-dealkylation sites (N-methyl/N-ethyl adjacent to an activating group) is 1. The second-order valence-corrected chi connectivity index (χ2v) is 15.5. The zero-order chi connectivity index (χ0) is 36.0. The summed E-state index contributed by atoms with van der Waals surface area (Å²) in [5.74, 6) is 0.290. The Bertz CT molecular complexity index is 1800. The number of halogens is 5. The highest BCUT2D eigenvalue weighted by molar-refractivity contribution is 14.1. The normalized spacial score (nSPS) is 22.4. The number of carbonyl (C=O) groups is 2. The van der Waals surface area contributed by atoms with Crippen LogP contribution in [0.3, 0.4) is 0 Å². The maximum atomic E-state index is 14.4. The van der Waals surface area contributed by atoms with Crippen LogP contribution in [0.1, 0.15) is 46.9 Å². The lowest BCUT2D eigenvalue weighted by atomic mass is 9.88. The number of anilines is 2. The fourth-order valence-electron chi connectivity index (χ4n) is 6.90. The predicted octanol–water partition coefficient (Wildman–Crippen LogP) is 5.07. The molecule has 2 saturated heterocycles. The van der Waals surface area contributed by atoms with Gasteiger partial charge < -0.3 is 26.2 Å². The number of piperidine rings is 1. The number of alkyl halides is 4. The Morgan fingerprint density at radius 3 is 2.42 bits per heavy atom. The van der Waals surface area contributed by atoms with Crippen molar-refractivity contribution in [3.63, 3.8) is 0 Å². The number of piperazine rings is 1. The number of hydrogen-bond acceptors (Lipinski definition) is 8. The molecule has 0 aliphatic carbocycles. The predicted molar refractivity (Wildman–Crippen MR) is 195 cm³/mol. The molecule has 6 rings (SSSR count). The molecule has 3 aromatic rings. The number of aryl methyl sites for hydroxylation is 1. The monoisotopic (exact) mass is 825 g/mol. The first-order valence-electron chi connectivity index (χ1n) is 16.5. The van der Waals surface area contributed by atoms with Gasteiger partial charge in [-0.3, -0.25) is 14.5 Å². The molecule has 2 aromatic heterocycles. The van der Waals surface area contributed by atoms with Crippen LogP contribution in [0.5, 0.6) is 0 Å². The number of aromatic nitrogens is 3. The molecular weight excluding hydrogens is 786 g/mol. The summed E-state index contributed by atoms with van der Waals surface area (Å²) >= 11 is 8.74. The van der Waals surface area contributed by atoms with Gasteiger partial charge in [-0.2, -0.15) is 18.3 Å². The van der Waals surface area contributed by atoms with Crippen molar-refractivity contribution < 1.29 is 22.8 Å². The number of carbonyl (C=O) groups excluding carboxylic acids is 2. The van der Waals surface area contributed by atoms with Crippen LogP contribution in [0.4, 0.5) is 24.7 Å². The second-order valence-electron chi connectivity index (χ2n) is 13.2. The summed E-state index contributed by atoms with van der Waals surface area (Å²) in [5.41, 5.74) is 7.65. The Morgan fingerprint density at radius 2 is 1.78 bits per heavy atom. The van der Waals surface area contributed by atoms with Gasteiger partial charge in [0.15, 0.2) is 5.69 Å². The molecule has 0 bridgehead atoms. The molecule has 0 saturated carbocycles. The van der Waals surface area contributed by atoms with E-state index < -0.39 is 15.3 Å². The van der Waals surface area contributed by atoms with Crippen LogP contribution in [-0.2, 0) is 14.4 Å². The maximum absolute atomic E-state index is 14.4. The fourth-order valence-corrected chi connectivity index (χ4v) is 8.27. The quantitative estimate of drug-likeness (QED) is 0.179. The highest BCUT2D eigenvalue weighted by atomic mass is 127. The average molecular weight is 826 g/mol. The number of nitrogens with zero attached hydrogens (tertiary/aromatic N) is 6. The molecule has 3 aliphatic heterocycles. The summed E-state index contributed by atoms with van der Waals surface area (Å²) in [6.45, 7) is 7.37. The van der Waals surface area contributed by atoms with E-state index in [-0.39, 0.29) is 46.8 Å². The minimum atomic E-state index is -4.68. The van der Waals surface area contributed by atoms with Gasteiger partial charge in [0.1, 0.15) is 5.82 Å². The summed E-state index contributed by atoms with van der Waals surface area (Å²) in [4.78, 5) is 35.9. The van der Waals surface area contributed by atoms with Gasteiger partial charge in [0.25, 0.3) is 5.91 Å². The van der Waals surface area contributed by atoms with Gasteiger partial charge in [0, 0.05) is 56.1 Å². The highest BCUT2D eigenvalue weighted by Gasteiger charge is 2.47. The molecule has 50 heavy (non-hydrogen) atoms. The van der Waals surface area contributed by atoms with E-state index >= 15 is 0 Å². The van der Waals surface area contributed by atoms with Crippen molar-refractivity contribution in [2.75, 3.05) is 63.9 Å².